The van der Waals surface area contributed by atoms with Gasteiger partial charge in [0.2, 0.25) is 0 Å². The van der Waals surface area contributed by atoms with Crippen molar-refractivity contribution in [3.63, 3.8) is 0 Å². The molecule has 0 fully saturated rings. The molecule has 0 aliphatic carbocycles. The van der Waals surface area contributed by atoms with E-state index in [-0.39, 0.29) is 0 Å². The summed E-state index contributed by atoms with van der Waals surface area (Å²) in [5.41, 5.74) is 5.00. The van der Waals surface area contributed by atoms with E-state index in [4.69, 9.17) is 0 Å². The van der Waals surface area contributed by atoms with Crippen LogP contribution < -0.4 is 16.0 Å². The predicted molar refractivity (Wildman–Crippen MR) is 137 cm³/mol. The molecular weight excluding hydrogens is 444 g/mol. The standard InChI is InChI=1S/C26H20N6OS/c33-25(30-24-16-15-20(31-32-24)18-9-3-1-4-10-18)27-21-13-7-8-14-22(21)28-26-29-23(17-34-26)19-11-5-2-6-12-19/h1-17H,(H,28,29)(H2,27,30,32,33). The van der Waals surface area contributed by atoms with Crippen LogP contribution in [0, 0.1) is 0 Å². The number of carbonyl (C=O) groups excluding carboxylic acids is 1. The Hall–Kier alpha value is -4.56. The third-order valence-corrected chi connectivity index (χ3v) is 5.72. The Morgan fingerprint density at radius 1 is 0.647 bits per heavy atom. The van der Waals surface area contributed by atoms with E-state index in [1.54, 1.807) is 6.07 Å². The van der Waals surface area contributed by atoms with Gasteiger partial charge in [-0.1, -0.05) is 72.8 Å². The smallest absolute Gasteiger partial charge is 0.324 e. The largest absolute Gasteiger partial charge is 0.330 e. The van der Waals surface area contributed by atoms with Crippen molar-refractivity contribution in [2.75, 3.05) is 16.0 Å². The summed E-state index contributed by atoms with van der Waals surface area (Å²) in [6.45, 7) is 0. The normalized spacial score (nSPS) is 10.5. The van der Waals surface area contributed by atoms with Gasteiger partial charge < -0.3 is 10.6 Å². The van der Waals surface area contributed by atoms with E-state index in [1.807, 2.05) is 96.4 Å². The summed E-state index contributed by atoms with van der Waals surface area (Å²) in [6.07, 6.45) is 0. The van der Waals surface area contributed by atoms with Gasteiger partial charge in [0, 0.05) is 16.5 Å². The van der Waals surface area contributed by atoms with Gasteiger partial charge in [-0.3, -0.25) is 5.32 Å². The summed E-state index contributed by atoms with van der Waals surface area (Å²) in [5.74, 6) is 0.357. The highest BCUT2D eigenvalue weighted by Crippen LogP contribution is 2.30. The van der Waals surface area contributed by atoms with Crippen LogP contribution in [-0.2, 0) is 0 Å². The van der Waals surface area contributed by atoms with Crippen LogP contribution in [0.4, 0.5) is 27.1 Å². The van der Waals surface area contributed by atoms with Crippen LogP contribution in [0.15, 0.2) is 102 Å². The van der Waals surface area contributed by atoms with E-state index in [0.717, 1.165) is 33.3 Å². The second-order valence-electron chi connectivity index (χ2n) is 7.32. The van der Waals surface area contributed by atoms with Gasteiger partial charge in [-0.05, 0) is 24.3 Å². The zero-order chi connectivity index (χ0) is 23.2. The van der Waals surface area contributed by atoms with Gasteiger partial charge >= 0.3 is 6.03 Å². The van der Waals surface area contributed by atoms with Crippen LogP contribution in [0.2, 0.25) is 0 Å². The van der Waals surface area contributed by atoms with Crippen molar-refractivity contribution in [3.05, 3.63) is 102 Å². The van der Waals surface area contributed by atoms with E-state index in [0.29, 0.717) is 11.5 Å². The monoisotopic (exact) mass is 464 g/mol. The fourth-order valence-electron chi connectivity index (χ4n) is 3.32. The molecule has 0 saturated heterocycles. The molecule has 3 N–H and O–H groups in total. The number of nitrogens with one attached hydrogen (secondary N) is 3. The molecule has 0 saturated carbocycles. The molecule has 8 heteroatoms. The third kappa shape index (κ3) is 5.08. The van der Waals surface area contributed by atoms with Gasteiger partial charge in [-0.15, -0.1) is 21.5 Å². The lowest BCUT2D eigenvalue weighted by atomic mass is 10.1. The Balaban J connectivity index is 1.25. The van der Waals surface area contributed by atoms with Gasteiger partial charge in [0.05, 0.1) is 22.8 Å². The molecule has 34 heavy (non-hydrogen) atoms. The van der Waals surface area contributed by atoms with Crippen molar-refractivity contribution in [1.29, 1.82) is 0 Å². The number of thiazole rings is 1. The SMILES string of the molecule is O=C(Nc1ccc(-c2ccccc2)nn1)Nc1ccccc1Nc1nc(-c2ccccc2)cs1. The van der Waals surface area contributed by atoms with Gasteiger partial charge in [-0.2, -0.15) is 0 Å². The van der Waals surface area contributed by atoms with Crippen LogP contribution in [0.25, 0.3) is 22.5 Å². The molecule has 0 bridgehead atoms. The van der Waals surface area contributed by atoms with Crippen molar-refractivity contribution in [3.8, 4) is 22.5 Å². The molecule has 2 aromatic heterocycles. The summed E-state index contributed by atoms with van der Waals surface area (Å²) in [4.78, 5) is 17.3. The minimum absolute atomic E-state index is 0.357. The van der Waals surface area contributed by atoms with Crippen molar-refractivity contribution in [1.82, 2.24) is 15.2 Å². The lowest BCUT2D eigenvalue weighted by molar-refractivity contribution is 0.262. The topological polar surface area (TPSA) is 91.8 Å². The van der Waals surface area contributed by atoms with Gasteiger partial charge in [-0.25, -0.2) is 9.78 Å². The fourth-order valence-corrected chi connectivity index (χ4v) is 4.05. The van der Waals surface area contributed by atoms with Crippen molar-refractivity contribution in [2.45, 2.75) is 0 Å². The van der Waals surface area contributed by atoms with Gasteiger partial charge in [0.1, 0.15) is 0 Å². The molecular formula is C26H20N6OS. The van der Waals surface area contributed by atoms with E-state index < -0.39 is 6.03 Å². The molecule has 0 spiro atoms. The van der Waals surface area contributed by atoms with E-state index in [1.165, 1.54) is 11.3 Å². The van der Waals surface area contributed by atoms with Gasteiger partial charge in [0.15, 0.2) is 10.9 Å². The number of nitrogens with zero attached hydrogens (tertiary/aromatic N) is 3. The Bertz CT molecular complexity index is 1390. The lowest BCUT2D eigenvalue weighted by Gasteiger charge is -2.12. The van der Waals surface area contributed by atoms with Crippen LogP contribution in [-0.4, -0.2) is 21.2 Å². The molecule has 0 radical (unpaired) electrons. The third-order valence-electron chi connectivity index (χ3n) is 4.97. The Kier molecular flexibility index (Phi) is 6.22. The Labute approximate surface area is 200 Å². The second kappa shape index (κ2) is 9.93. The molecule has 5 rings (SSSR count). The zero-order valence-electron chi connectivity index (χ0n) is 18.0. The predicted octanol–water partition coefficient (Wildman–Crippen LogP) is 6.65. The number of hydrogen-bond donors (Lipinski definition) is 3. The fraction of sp³-hybridized carbons (Fsp3) is 0. The summed E-state index contributed by atoms with van der Waals surface area (Å²) < 4.78 is 0. The van der Waals surface area contributed by atoms with Crippen LogP contribution in [0.1, 0.15) is 0 Å². The Morgan fingerprint density at radius 2 is 1.29 bits per heavy atom. The minimum Gasteiger partial charge on any atom is -0.330 e. The summed E-state index contributed by atoms with van der Waals surface area (Å²) in [5, 5.41) is 19.9. The quantitative estimate of drug-likeness (QED) is 0.261. The molecule has 0 unspecified atom stereocenters. The highest BCUT2D eigenvalue weighted by molar-refractivity contribution is 7.14. The highest BCUT2D eigenvalue weighted by Gasteiger charge is 2.11. The average molecular weight is 465 g/mol. The van der Waals surface area contributed by atoms with Crippen LogP contribution in [0.5, 0.6) is 0 Å². The second-order valence-corrected chi connectivity index (χ2v) is 8.18. The molecule has 3 aromatic carbocycles. The summed E-state index contributed by atoms with van der Waals surface area (Å²) >= 11 is 1.50. The molecule has 5 aromatic rings. The van der Waals surface area contributed by atoms with E-state index in [9.17, 15) is 4.79 Å². The maximum Gasteiger partial charge on any atom is 0.324 e. The number of amides is 2. The number of aromatic nitrogens is 3. The molecule has 0 aliphatic rings. The van der Waals surface area contributed by atoms with Crippen LogP contribution in [0.3, 0.4) is 0 Å². The van der Waals surface area contributed by atoms with Crippen molar-refractivity contribution < 1.29 is 4.79 Å². The van der Waals surface area contributed by atoms with Gasteiger partial charge in [0.25, 0.3) is 0 Å². The molecule has 2 amide bonds. The Morgan fingerprint density at radius 3 is 1.97 bits per heavy atom. The molecule has 2 heterocycles. The molecule has 0 atom stereocenters. The molecule has 0 aliphatic heterocycles. The maximum atomic E-state index is 12.6. The number of rotatable bonds is 6. The zero-order valence-corrected chi connectivity index (χ0v) is 18.8. The average Bonchev–Trinajstić information content (AvgIpc) is 3.35. The number of carbonyl (C=O) groups is 1. The van der Waals surface area contributed by atoms with Crippen molar-refractivity contribution in [2.24, 2.45) is 0 Å². The number of benzene rings is 3. The van der Waals surface area contributed by atoms with Crippen molar-refractivity contribution >= 4 is 39.7 Å². The summed E-state index contributed by atoms with van der Waals surface area (Å²) in [7, 11) is 0. The number of hydrogen-bond acceptors (Lipinski definition) is 6. The first-order valence-electron chi connectivity index (χ1n) is 10.6. The first kappa shape index (κ1) is 21.3. The summed E-state index contributed by atoms with van der Waals surface area (Å²) in [6, 6.07) is 30.3. The minimum atomic E-state index is -0.417. The first-order valence-corrected chi connectivity index (χ1v) is 11.5. The van der Waals surface area contributed by atoms with E-state index in [2.05, 4.69) is 31.1 Å². The number of anilines is 4. The number of para-hydroxylation sites is 2. The number of urea groups is 1. The first-order chi connectivity index (χ1) is 16.7. The molecule has 7 nitrogen and oxygen atoms in total. The van der Waals surface area contributed by atoms with Crippen LogP contribution >= 0.6 is 11.3 Å². The van der Waals surface area contributed by atoms with E-state index >= 15 is 0 Å². The lowest BCUT2D eigenvalue weighted by Crippen LogP contribution is -2.20. The highest BCUT2D eigenvalue weighted by atomic mass is 32.1. The molecule has 166 valence electrons. The maximum absolute atomic E-state index is 12.6.